The molecule has 0 atom stereocenters. The molecule has 3 heterocycles. The SMILES string of the molecule is CC(C)(C)c1cc2nccc(C3CCC(CNC(=O)c4cnccn4)CC3)n2n1. The van der Waals surface area contributed by atoms with Crippen LogP contribution < -0.4 is 5.32 Å². The van der Waals surface area contributed by atoms with Crippen molar-refractivity contribution in [2.24, 2.45) is 5.92 Å². The van der Waals surface area contributed by atoms with Gasteiger partial charge in [-0.15, -0.1) is 0 Å². The van der Waals surface area contributed by atoms with Gasteiger partial charge in [-0.3, -0.25) is 9.78 Å². The Kier molecular flexibility index (Phi) is 5.30. The number of nitrogens with zero attached hydrogens (tertiary/aromatic N) is 5. The molecule has 0 aliphatic heterocycles. The topological polar surface area (TPSA) is 85.1 Å². The van der Waals surface area contributed by atoms with Gasteiger partial charge in [0.05, 0.1) is 11.9 Å². The minimum Gasteiger partial charge on any atom is -0.350 e. The van der Waals surface area contributed by atoms with Crippen LogP contribution in [-0.2, 0) is 5.41 Å². The summed E-state index contributed by atoms with van der Waals surface area (Å²) in [6.07, 6.45) is 10.9. The molecule has 152 valence electrons. The summed E-state index contributed by atoms with van der Waals surface area (Å²) in [7, 11) is 0. The lowest BCUT2D eigenvalue weighted by atomic mass is 9.80. The van der Waals surface area contributed by atoms with Gasteiger partial charge in [0.15, 0.2) is 5.65 Å². The number of amides is 1. The number of hydrogen-bond acceptors (Lipinski definition) is 5. The molecule has 3 aromatic rings. The Morgan fingerprint density at radius 3 is 2.62 bits per heavy atom. The van der Waals surface area contributed by atoms with Crippen molar-refractivity contribution in [3.05, 3.63) is 54.0 Å². The molecule has 1 saturated carbocycles. The standard InChI is InChI=1S/C22H28N6O/c1-22(2,3)19-12-20-25-9-8-18(28(20)27-19)16-6-4-15(5-7-16)13-26-21(29)17-14-23-10-11-24-17/h8-12,14-16H,4-7,13H2,1-3H3,(H,26,29). The molecule has 0 spiro atoms. The van der Waals surface area contributed by atoms with Crippen molar-refractivity contribution >= 4 is 11.6 Å². The number of fused-ring (bicyclic) bond motifs is 1. The Labute approximate surface area is 171 Å². The third-order valence-electron chi connectivity index (χ3n) is 5.77. The Morgan fingerprint density at radius 2 is 1.93 bits per heavy atom. The molecule has 1 aliphatic carbocycles. The smallest absolute Gasteiger partial charge is 0.271 e. The van der Waals surface area contributed by atoms with Crippen LogP contribution in [0.3, 0.4) is 0 Å². The number of rotatable bonds is 4. The molecule has 0 radical (unpaired) electrons. The second-order valence-corrected chi connectivity index (χ2v) is 8.94. The van der Waals surface area contributed by atoms with E-state index in [-0.39, 0.29) is 11.3 Å². The first kappa shape index (κ1) is 19.5. The van der Waals surface area contributed by atoms with Crippen molar-refractivity contribution in [1.29, 1.82) is 0 Å². The van der Waals surface area contributed by atoms with Gasteiger partial charge in [0.1, 0.15) is 5.69 Å². The van der Waals surface area contributed by atoms with Crippen LogP contribution in [0.25, 0.3) is 5.65 Å². The molecule has 29 heavy (non-hydrogen) atoms. The van der Waals surface area contributed by atoms with Gasteiger partial charge in [-0.2, -0.15) is 5.10 Å². The maximum Gasteiger partial charge on any atom is 0.271 e. The zero-order valence-electron chi connectivity index (χ0n) is 17.3. The van der Waals surface area contributed by atoms with Crippen molar-refractivity contribution in [3.63, 3.8) is 0 Å². The molecule has 0 bridgehead atoms. The first-order valence-corrected chi connectivity index (χ1v) is 10.3. The lowest BCUT2D eigenvalue weighted by molar-refractivity contribution is 0.0937. The number of hydrogen-bond donors (Lipinski definition) is 1. The van der Waals surface area contributed by atoms with E-state index in [1.807, 2.05) is 10.7 Å². The van der Waals surface area contributed by atoms with Crippen LogP contribution in [-0.4, -0.2) is 37.0 Å². The van der Waals surface area contributed by atoms with Crippen molar-refractivity contribution < 1.29 is 4.79 Å². The third kappa shape index (κ3) is 4.28. The highest BCUT2D eigenvalue weighted by Gasteiger charge is 2.26. The van der Waals surface area contributed by atoms with Crippen LogP contribution in [0.15, 0.2) is 36.9 Å². The van der Waals surface area contributed by atoms with Gasteiger partial charge in [0.25, 0.3) is 5.91 Å². The van der Waals surface area contributed by atoms with Crippen molar-refractivity contribution in [2.75, 3.05) is 6.54 Å². The Morgan fingerprint density at radius 1 is 1.14 bits per heavy atom. The van der Waals surface area contributed by atoms with Gasteiger partial charge in [0, 0.05) is 48.2 Å². The maximum atomic E-state index is 12.2. The fourth-order valence-corrected chi connectivity index (χ4v) is 4.00. The molecule has 0 saturated heterocycles. The molecule has 0 aromatic carbocycles. The van der Waals surface area contributed by atoms with E-state index in [1.165, 1.54) is 18.1 Å². The van der Waals surface area contributed by atoms with E-state index >= 15 is 0 Å². The number of aromatic nitrogens is 5. The third-order valence-corrected chi connectivity index (χ3v) is 5.77. The van der Waals surface area contributed by atoms with Gasteiger partial charge in [0.2, 0.25) is 0 Å². The van der Waals surface area contributed by atoms with Crippen LogP contribution in [0.4, 0.5) is 0 Å². The average Bonchev–Trinajstić information content (AvgIpc) is 3.18. The van der Waals surface area contributed by atoms with E-state index in [1.54, 1.807) is 6.20 Å². The second-order valence-electron chi connectivity index (χ2n) is 8.94. The summed E-state index contributed by atoms with van der Waals surface area (Å²) in [5, 5.41) is 7.86. The normalized spacial score (nSPS) is 20.0. The molecule has 7 heteroatoms. The molecule has 4 rings (SSSR count). The lowest BCUT2D eigenvalue weighted by Gasteiger charge is -2.29. The van der Waals surface area contributed by atoms with Gasteiger partial charge in [-0.25, -0.2) is 14.5 Å². The molecule has 1 amide bonds. The number of nitrogens with one attached hydrogen (secondary N) is 1. The highest BCUT2D eigenvalue weighted by atomic mass is 16.1. The molecule has 7 nitrogen and oxygen atoms in total. The van der Waals surface area contributed by atoms with Gasteiger partial charge in [-0.05, 0) is 37.7 Å². The highest BCUT2D eigenvalue weighted by Crippen LogP contribution is 2.36. The van der Waals surface area contributed by atoms with E-state index in [0.29, 0.717) is 24.1 Å². The lowest BCUT2D eigenvalue weighted by Crippen LogP contribution is -2.31. The zero-order valence-corrected chi connectivity index (χ0v) is 17.3. The number of carbonyl (C=O) groups is 1. The minimum atomic E-state index is -0.151. The van der Waals surface area contributed by atoms with Crippen LogP contribution in [0.1, 0.15) is 74.2 Å². The Hall–Kier alpha value is -2.83. The largest absolute Gasteiger partial charge is 0.350 e. The zero-order chi connectivity index (χ0) is 20.4. The van der Waals surface area contributed by atoms with Crippen molar-refractivity contribution in [3.8, 4) is 0 Å². The average molecular weight is 393 g/mol. The maximum absolute atomic E-state index is 12.2. The van der Waals surface area contributed by atoms with Gasteiger partial charge >= 0.3 is 0 Å². The van der Waals surface area contributed by atoms with Crippen LogP contribution in [0.2, 0.25) is 0 Å². The van der Waals surface area contributed by atoms with Gasteiger partial charge < -0.3 is 5.32 Å². The minimum absolute atomic E-state index is 0.00394. The fraction of sp³-hybridized carbons (Fsp3) is 0.500. The molecule has 1 aliphatic rings. The monoisotopic (exact) mass is 392 g/mol. The summed E-state index contributed by atoms with van der Waals surface area (Å²) in [4.78, 5) is 24.7. The van der Waals surface area contributed by atoms with Crippen LogP contribution >= 0.6 is 0 Å². The number of carbonyl (C=O) groups excluding carboxylic acids is 1. The molecule has 3 aromatic heterocycles. The van der Waals surface area contributed by atoms with E-state index in [4.69, 9.17) is 5.10 Å². The summed E-state index contributed by atoms with van der Waals surface area (Å²) in [5.74, 6) is 0.814. The Balaban J connectivity index is 1.38. The molecular formula is C22H28N6O. The summed E-state index contributed by atoms with van der Waals surface area (Å²) in [6, 6.07) is 4.20. The predicted molar refractivity (Wildman–Crippen MR) is 111 cm³/mol. The first-order valence-electron chi connectivity index (χ1n) is 10.3. The van der Waals surface area contributed by atoms with E-state index in [0.717, 1.165) is 37.0 Å². The quantitative estimate of drug-likeness (QED) is 0.734. The summed E-state index contributed by atoms with van der Waals surface area (Å²) in [5.41, 5.74) is 3.61. The van der Waals surface area contributed by atoms with Crippen LogP contribution in [0, 0.1) is 5.92 Å². The van der Waals surface area contributed by atoms with Crippen molar-refractivity contribution in [1.82, 2.24) is 29.9 Å². The first-order chi connectivity index (χ1) is 13.9. The molecule has 0 unspecified atom stereocenters. The van der Waals surface area contributed by atoms with Crippen LogP contribution in [0.5, 0.6) is 0 Å². The summed E-state index contributed by atoms with van der Waals surface area (Å²) in [6.45, 7) is 7.21. The van der Waals surface area contributed by atoms with E-state index < -0.39 is 0 Å². The predicted octanol–water partition coefficient (Wildman–Crippen LogP) is 3.52. The molecular weight excluding hydrogens is 364 g/mol. The second kappa shape index (κ2) is 7.89. The fourth-order valence-electron chi connectivity index (χ4n) is 4.00. The van der Waals surface area contributed by atoms with E-state index in [2.05, 4.69) is 53.2 Å². The summed E-state index contributed by atoms with van der Waals surface area (Å²) >= 11 is 0. The van der Waals surface area contributed by atoms with Crippen molar-refractivity contribution in [2.45, 2.75) is 57.8 Å². The van der Waals surface area contributed by atoms with Gasteiger partial charge in [-0.1, -0.05) is 20.8 Å². The Bertz CT molecular complexity index is 983. The molecule has 1 N–H and O–H groups in total. The summed E-state index contributed by atoms with van der Waals surface area (Å²) < 4.78 is 2.03. The molecule has 1 fully saturated rings. The van der Waals surface area contributed by atoms with E-state index in [9.17, 15) is 4.79 Å². The highest BCUT2D eigenvalue weighted by molar-refractivity contribution is 5.91.